The summed E-state index contributed by atoms with van der Waals surface area (Å²) in [7, 11) is 1.75. The smallest absolute Gasteiger partial charge is 0.396 e. The molecule has 1 aromatic carbocycles. The SMILES string of the molecule is Cn1c(Cn2cc(N)cn2)nc2cc(C(F)(F)F)ccc21. The van der Waals surface area contributed by atoms with Gasteiger partial charge in [0.2, 0.25) is 0 Å². The molecule has 0 fully saturated rings. The first-order valence-corrected chi connectivity index (χ1v) is 6.15. The molecule has 0 saturated heterocycles. The summed E-state index contributed by atoms with van der Waals surface area (Å²) in [5.41, 5.74) is 6.34. The third-order valence-electron chi connectivity index (χ3n) is 3.26. The van der Waals surface area contributed by atoms with E-state index in [0.29, 0.717) is 29.1 Å². The molecule has 2 N–H and O–H groups in total. The average molecular weight is 295 g/mol. The largest absolute Gasteiger partial charge is 0.416 e. The van der Waals surface area contributed by atoms with Crippen LogP contribution in [0.2, 0.25) is 0 Å². The maximum Gasteiger partial charge on any atom is 0.416 e. The molecule has 5 nitrogen and oxygen atoms in total. The Balaban J connectivity index is 2.02. The Hall–Kier alpha value is -2.51. The molecule has 2 heterocycles. The van der Waals surface area contributed by atoms with Crippen LogP contribution in [0.25, 0.3) is 11.0 Å². The summed E-state index contributed by atoms with van der Waals surface area (Å²) in [6.45, 7) is 0.337. The third-order valence-corrected chi connectivity index (χ3v) is 3.26. The first-order chi connectivity index (χ1) is 9.84. The molecule has 0 aliphatic heterocycles. The number of imidazole rings is 1. The third kappa shape index (κ3) is 2.44. The topological polar surface area (TPSA) is 61.7 Å². The highest BCUT2D eigenvalue weighted by Gasteiger charge is 2.31. The molecule has 3 aromatic rings. The number of nitrogens with two attached hydrogens (primary N) is 1. The Morgan fingerprint density at radius 2 is 2.05 bits per heavy atom. The summed E-state index contributed by atoms with van der Waals surface area (Å²) in [6, 6.07) is 3.53. The van der Waals surface area contributed by atoms with E-state index >= 15 is 0 Å². The molecule has 3 rings (SSSR count). The lowest BCUT2D eigenvalue weighted by atomic mass is 10.2. The molecule has 0 unspecified atom stereocenters. The van der Waals surface area contributed by atoms with Crippen molar-refractivity contribution in [2.24, 2.45) is 7.05 Å². The number of hydrogen-bond acceptors (Lipinski definition) is 3. The molecule has 2 aromatic heterocycles. The van der Waals surface area contributed by atoms with E-state index in [1.54, 1.807) is 22.5 Å². The van der Waals surface area contributed by atoms with E-state index in [1.807, 2.05) is 0 Å². The van der Waals surface area contributed by atoms with Crippen LogP contribution in [-0.2, 0) is 19.8 Å². The van der Waals surface area contributed by atoms with Crippen LogP contribution in [0.1, 0.15) is 11.4 Å². The van der Waals surface area contributed by atoms with Gasteiger partial charge in [0.1, 0.15) is 5.82 Å². The average Bonchev–Trinajstić information content (AvgIpc) is 2.94. The molecular weight excluding hydrogens is 283 g/mol. The van der Waals surface area contributed by atoms with Crippen molar-refractivity contribution >= 4 is 16.7 Å². The fourth-order valence-corrected chi connectivity index (χ4v) is 2.18. The monoisotopic (exact) mass is 295 g/mol. The molecule has 0 aliphatic rings. The number of aryl methyl sites for hydroxylation is 1. The number of nitrogens with zero attached hydrogens (tertiary/aromatic N) is 4. The van der Waals surface area contributed by atoms with Gasteiger partial charge >= 0.3 is 6.18 Å². The van der Waals surface area contributed by atoms with Crippen molar-refractivity contribution in [1.82, 2.24) is 19.3 Å². The van der Waals surface area contributed by atoms with Crippen LogP contribution in [0.3, 0.4) is 0 Å². The van der Waals surface area contributed by atoms with Gasteiger partial charge in [-0.3, -0.25) is 4.68 Å². The predicted molar refractivity (Wildman–Crippen MR) is 71.5 cm³/mol. The van der Waals surface area contributed by atoms with Gasteiger partial charge in [-0.1, -0.05) is 0 Å². The Bertz CT molecular complexity index is 800. The molecular formula is C13H12F3N5. The number of aromatic nitrogens is 4. The van der Waals surface area contributed by atoms with Crippen LogP contribution in [0, 0.1) is 0 Å². The second-order valence-electron chi connectivity index (χ2n) is 4.76. The summed E-state index contributed by atoms with van der Waals surface area (Å²) in [5, 5.41) is 4.04. The number of nitrogen functional groups attached to an aromatic ring is 1. The minimum atomic E-state index is -4.37. The zero-order chi connectivity index (χ0) is 15.2. The van der Waals surface area contributed by atoms with Gasteiger partial charge in [-0.05, 0) is 18.2 Å². The Labute approximate surface area is 117 Å². The lowest BCUT2D eigenvalue weighted by Crippen LogP contribution is -2.06. The van der Waals surface area contributed by atoms with Crippen molar-refractivity contribution in [2.75, 3.05) is 5.73 Å². The van der Waals surface area contributed by atoms with Gasteiger partial charge in [-0.15, -0.1) is 0 Å². The zero-order valence-electron chi connectivity index (χ0n) is 11.1. The van der Waals surface area contributed by atoms with Crippen LogP contribution >= 0.6 is 0 Å². The fraction of sp³-hybridized carbons (Fsp3) is 0.231. The first-order valence-electron chi connectivity index (χ1n) is 6.15. The summed E-state index contributed by atoms with van der Waals surface area (Å²) < 4.78 is 41.5. The minimum Gasteiger partial charge on any atom is -0.396 e. The number of fused-ring (bicyclic) bond motifs is 1. The van der Waals surface area contributed by atoms with Gasteiger partial charge < -0.3 is 10.3 Å². The normalized spacial score (nSPS) is 12.2. The highest BCUT2D eigenvalue weighted by molar-refractivity contribution is 5.77. The molecule has 0 atom stereocenters. The molecule has 0 saturated carbocycles. The lowest BCUT2D eigenvalue weighted by molar-refractivity contribution is -0.137. The number of rotatable bonds is 2. The van der Waals surface area contributed by atoms with Crippen LogP contribution in [0.15, 0.2) is 30.6 Å². The van der Waals surface area contributed by atoms with E-state index in [4.69, 9.17) is 5.73 Å². The lowest BCUT2D eigenvalue weighted by Gasteiger charge is -2.06. The second kappa shape index (κ2) is 4.51. The van der Waals surface area contributed by atoms with Crippen molar-refractivity contribution in [3.05, 3.63) is 42.0 Å². The number of alkyl halides is 3. The van der Waals surface area contributed by atoms with Crippen molar-refractivity contribution in [3.8, 4) is 0 Å². The van der Waals surface area contributed by atoms with E-state index in [2.05, 4.69) is 10.1 Å². The maximum atomic E-state index is 12.7. The summed E-state index contributed by atoms with van der Waals surface area (Å²) in [4.78, 5) is 4.25. The summed E-state index contributed by atoms with van der Waals surface area (Å²) in [5.74, 6) is 0.604. The number of hydrogen-bond donors (Lipinski definition) is 1. The van der Waals surface area contributed by atoms with Crippen LogP contribution in [0.4, 0.5) is 18.9 Å². The van der Waals surface area contributed by atoms with E-state index in [-0.39, 0.29) is 0 Å². The molecule has 0 bridgehead atoms. The van der Waals surface area contributed by atoms with Gasteiger partial charge in [-0.25, -0.2) is 4.98 Å². The molecule has 110 valence electrons. The Morgan fingerprint density at radius 3 is 2.67 bits per heavy atom. The molecule has 8 heteroatoms. The number of anilines is 1. The minimum absolute atomic E-state index is 0.308. The fourth-order valence-electron chi connectivity index (χ4n) is 2.18. The van der Waals surface area contributed by atoms with Gasteiger partial charge in [0.15, 0.2) is 0 Å². The zero-order valence-corrected chi connectivity index (χ0v) is 11.1. The maximum absolute atomic E-state index is 12.7. The van der Waals surface area contributed by atoms with E-state index < -0.39 is 11.7 Å². The molecule has 0 radical (unpaired) electrons. The Kier molecular flexibility index (Phi) is 2.89. The van der Waals surface area contributed by atoms with Gasteiger partial charge in [0.05, 0.1) is 35.0 Å². The quantitative estimate of drug-likeness (QED) is 0.789. The highest BCUT2D eigenvalue weighted by atomic mass is 19.4. The molecule has 21 heavy (non-hydrogen) atoms. The first kappa shape index (κ1) is 13.5. The highest BCUT2D eigenvalue weighted by Crippen LogP contribution is 2.31. The summed E-state index contributed by atoms with van der Waals surface area (Å²) >= 11 is 0. The van der Waals surface area contributed by atoms with Crippen molar-refractivity contribution in [1.29, 1.82) is 0 Å². The van der Waals surface area contributed by atoms with E-state index in [9.17, 15) is 13.2 Å². The standard InChI is InChI=1S/C13H12F3N5/c1-20-11-3-2-8(13(14,15)16)4-10(11)19-12(20)7-21-6-9(17)5-18-21/h2-6H,7,17H2,1H3. The van der Waals surface area contributed by atoms with Gasteiger partial charge in [0.25, 0.3) is 0 Å². The molecule has 0 amide bonds. The van der Waals surface area contributed by atoms with Crippen LogP contribution in [0.5, 0.6) is 0 Å². The molecule has 0 spiro atoms. The summed E-state index contributed by atoms with van der Waals surface area (Å²) in [6.07, 6.45) is -1.23. The molecule has 0 aliphatic carbocycles. The van der Waals surface area contributed by atoms with Gasteiger partial charge in [-0.2, -0.15) is 18.3 Å². The predicted octanol–water partition coefficient (Wildman–Crippen LogP) is 2.42. The number of benzene rings is 1. The Morgan fingerprint density at radius 1 is 1.29 bits per heavy atom. The van der Waals surface area contributed by atoms with E-state index in [0.717, 1.165) is 12.1 Å². The van der Waals surface area contributed by atoms with Crippen molar-refractivity contribution in [2.45, 2.75) is 12.7 Å². The van der Waals surface area contributed by atoms with Crippen molar-refractivity contribution < 1.29 is 13.2 Å². The number of halogens is 3. The van der Waals surface area contributed by atoms with Crippen molar-refractivity contribution in [3.63, 3.8) is 0 Å². The second-order valence-corrected chi connectivity index (χ2v) is 4.76. The van der Waals surface area contributed by atoms with Gasteiger partial charge in [0, 0.05) is 13.2 Å². The van der Waals surface area contributed by atoms with E-state index in [1.165, 1.54) is 12.3 Å². The van der Waals surface area contributed by atoms with Crippen LogP contribution < -0.4 is 5.73 Å². The van der Waals surface area contributed by atoms with Crippen LogP contribution in [-0.4, -0.2) is 19.3 Å².